The van der Waals surface area contributed by atoms with E-state index in [1.807, 2.05) is 0 Å². The summed E-state index contributed by atoms with van der Waals surface area (Å²) in [4.78, 5) is 31.8. The van der Waals surface area contributed by atoms with Crippen LogP contribution in [-0.2, 0) is 14.6 Å². The summed E-state index contributed by atoms with van der Waals surface area (Å²) in [7, 11) is -2.09. The first-order chi connectivity index (χ1) is 14.8. The molecule has 1 fully saturated rings. The molecule has 0 bridgehead atoms. The van der Waals surface area contributed by atoms with Crippen LogP contribution in [0, 0.1) is 0 Å². The van der Waals surface area contributed by atoms with Crippen LogP contribution >= 0.6 is 0 Å². The summed E-state index contributed by atoms with van der Waals surface area (Å²) in [5.41, 5.74) is 0.996. The van der Waals surface area contributed by atoms with Gasteiger partial charge in [-0.3, -0.25) is 14.0 Å². The van der Waals surface area contributed by atoms with Crippen LogP contribution in [0.1, 0.15) is 23.3 Å². The Labute approximate surface area is 179 Å². The van der Waals surface area contributed by atoms with Gasteiger partial charge in [0.25, 0.3) is 5.91 Å². The van der Waals surface area contributed by atoms with Gasteiger partial charge in [0.2, 0.25) is 20.9 Å². The lowest BCUT2D eigenvalue weighted by molar-refractivity contribution is -0.119. The number of fused-ring (bicyclic) bond motifs is 1. The summed E-state index contributed by atoms with van der Waals surface area (Å²) in [6, 6.07) is 11.2. The number of amides is 2. The largest absolute Gasteiger partial charge is 0.497 e. The highest BCUT2D eigenvalue weighted by atomic mass is 32.2. The fourth-order valence-electron chi connectivity index (χ4n) is 3.75. The Bertz CT molecular complexity index is 1250. The molecule has 3 aromatic rings. The van der Waals surface area contributed by atoms with E-state index in [1.165, 1.54) is 9.30 Å². The highest BCUT2D eigenvalue weighted by Crippen LogP contribution is 2.25. The van der Waals surface area contributed by atoms with Gasteiger partial charge in [-0.1, -0.05) is 6.07 Å². The number of rotatable bonds is 5. The Morgan fingerprint density at radius 3 is 2.58 bits per heavy atom. The first-order valence-corrected chi connectivity index (χ1v) is 11.6. The average Bonchev–Trinajstić information content (AvgIpc) is 3.39. The van der Waals surface area contributed by atoms with Gasteiger partial charge in [0.05, 0.1) is 12.6 Å². The lowest BCUT2D eigenvalue weighted by atomic mass is 10.2. The number of aromatic nitrogens is 2. The van der Waals surface area contributed by atoms with Crippen LogP contribution in [0.5, 0.6) is 5.75 Å². The number of methoxy groups -OCH3 is 1. The second-order valence-corrected chi connectivity index (χ2v) is 9.25. The number of benzene rings is 1. The molecule has 2 amide bonds. The predicted octanol–water partition coefficient (Wildman–Crippen LogP) is 1.99. The standard InChI is InChI=1S/C21H22N4O5S/c1-30-15-10-8-14(9-11-15)22-19(26)17-7-5-13-24(17)20(27)18-16-6-3-4-12-25(16)21(23-18)31(2,28)29/h3-4,6,8-12,17H,5,7,13H2,1-2H3,(H,22,26). The number of imidazole rings is 1. The number of pyridine rings is 1. The van der Waals surface area contributed by atoms with Gasteiger partial charge in [0, 0.05) is 24.7 Å². The number of hydrogen-bond acceptors (Lipinski definition) is 6. The van der Waals surface area contributed by atoms with E-state index in [4.69, 9.17) is 4.74 Å². The molecule has 1 saturated heterocycles. The molecule has 1 aliphatic rings. The minimum atomic E-state index is -3.65. The number of hydrogen-bond donors (Lipinski definition) is 1. The van der Waals surface area contributed by atoms with E-state index in [2.05, 4.69) is 10.3 Å². The molecule has 1 aromatic carbocycles. The van der Waals surface area contributed by atoms with E-state index >= 15 is 0 Å². The number of likely N-dealkylation sites (tertiary alicyclic amines) is 1. The van der Waals surface area contributed by atoms with Crippen molar-refractivity contribution in [3.05, 3.63) is 54.4 Å². The van der Waals surface area contributed by atoms with Gasteiger partial charge in [-0.15, -0.1) is 0 Å². The fraction of sp³-hybridized carbons (Fsp3) is 0.286. The highest BCUT2D eigenvalue weighted by Gasteiger charge is 2.37. The zero-order chi connectivity index (χ0) is 22.2. The normalized spacial score (nSPS) is 16.5. The van der Waals surface area contributed by atoms with Crippen molar-refractivity contribution in [2.75, 3.05) is 25.2 Å². The van der Waals surface area contributed by atoms with Gasteiger partial charge >= 0.3 is 0 Å². The quantitative estimate of drug-likeness (QED) is 0.647. The van der Waals surface area contributed by atoms with Crippen molar-refractivity contribution >= 4 is 32.9 Å². The van der Waals surface area contributed by atoms with Gasteiger partial charge < -0.3 is 15.0 Å². The van der Waals surface area contributed by atoms with Crippen molar-refractivity contribution in [3.8, 4) is 5.75 Å². The molecular weight excluding hydrogens is 420 g/mol. The van der Waals surface area contributed by atoms with E-state index in [0.29, 0.717) is 36.3 Å². The summed E-state index contributed by atoms with van der Waals surface area (Å²) in [5.74, 6) is -0.0992. The summed E-state index contributed by atoms with van der Waals surface area (Å²) < 4.78 is 30.8. The number of ether oxygens (including phenoxy) is 1. The third-order valence-corrected chi connectivity index (χ3v) is 6.18. The maximum Gasteiger partial charge on any atom is 0.275 e. The smallest absolute Gasteiger partial charge is 0.275 e. The minimum absolute atomic E-state index is 0.0187. The van der Waals surface area contributed by atoms with Crippen LogP contribution in [0.2, 0.25) is 0 Å². The number of sulfone groups is 1. The SMILES string of the molecule is COc1ccc(NC(=O)C2CCCN2C(=O)c2nc(S(C)(=O)=O)n3ccccc23)cc1. The van der Waals surface area contributed by atoms with Gasteiger partial charge in [0.15, 0.2) is 5.69 Å². The molecule has 0 radical (unpaired) electrons. The van der Waals surface area contributed by atoms with Crippen LogP contribution in [0.15, 0.2) is 53.8 Å². The van der Waals surface area contributed by atoms with Gasteiger partial charge in [-0.2, -0.15) is 0 Å². The van der Waals surface area contributed by atoms with E-state index < -0.39 is 21.8 Å². The second kappa shape index (κ2) is 8.03. The van der Waals surface area contributed by atoms with E-state index in [9.17, 15) is 18.0 Å². The highest BCUT2D eigenvalue weighted by molar-refractivity contribution is 7.90. The number of carbonyl (C=O) groups is 2. The first-order valence-electron chi connectivity index (χ1n) is 9.72. The molecule has 162 valence electrons. The van der Waals surface area contributed by atoms with Crippen LogP contribution in [-0.4, -0.2) is 60.5 Å². The third kappa shape index (κ3) is 3.98. The lowest BCUT2D eigenvalue weighted by Gasteiger charge is -2.23. The van der Waals surface area contributed by atoms with Crippen molar-refractivity contribution < 1.29 is 22.7 Å². The van der Waals surface area contributed by atoms with Crippen molar-refractivity contribution in [1.29, 1.82) is 0 Å². The Balaban J connectivity index is 1.61. The zero-order valence-electron chi connectivity index (χ0n) is 17.1. The summed E-state index contributed by atoms with van der Waals surface area (Å²) in [6.45, 7) is 0.388. The van der Waals surface area contributed by atoms with Crippen LogP contribution in [0.3, 0.4) is 0 Å². The summed E-state index contributed by atoms with van der Waals surface area (Å²) >= 11 is 0. The summed E-state index contributed by atoms with van der Waals surface area (Å²) in [6.07, 6.45) is 3.77. The number of carbonyl (C=O) groups excluding carboxylic acids is 2. The van der Waals surface area contributed by atoms with E-state index in [1.54, 1.807) is 55.8 Å². The van der Waals surface area contributed by atoms with Crippen molar-refractivity contribution in [2.24, 2.45) is 0 Å². The fourth-order valence-corrected chi connectivity index (χ4v) is 4.52. The maximum atomic E-state index is 13.3. The topological polar surface area (TPSA) is 110 Å². The third-order valence-electron chi connectivity index (χ3n) is 5.22. The molecule has 9 nitrogen and oxygen atoms in total. The first kappa shape index (κ1) is 20.9. The second-order valence-electron chi connectivity index (χ2n) is 7.35. The number of nitrogens with zero attached hydrogens (tertiary/aromatic N) is 3. The van der Waals surface area contributed by atoms with E-state index in [-0.39, 0.29) is 16.8 Å². The Kier molecular flexibility index (Phi) is 5.40. The molecule has 1 atom stereocenters. The Hall–Kier alpha value is -3.40. The molecular formula is C21H22N4O5S. The van der Waals surface area contributed by atoms with E-state index in [0.717, 1.165) is 6.26 Å². The zero-order valence-corrected chi connectivity index (χ0v) is 17.9. The molecule has 10 heteroatoms. The monoisotopic (exact) mass is 442 g/mol. The molecule has 1 N–H and O–H groups in total. The molecule has 0 spiro atoms. The molecule has 31 heavy (non-hydrogen) atoms. The summed E-state index contributed by atoms with van der Waals surface area (Å²) in [5, 5.41) is 2.62. The van der Waals surface area contributed by atoms with Crippen LogP contribution in [0.25, 0.3) is 5.52 Å². The van der Waals surface area contributed by atoms with Gasteiger partial charge in [-0.25, -0.2) is 13.4 Å². The molecule has 1 unspecified atom stereocenters. The Morgan fingerprint density at radius 1 is 1.16 bits per heavy atom. The Morgan fingerprint density at radius 2 is 1.90 bits per heavy atom. The predicted molar refractivity (Wildman–Crippen MR) is 114 cm³/mol. The van der Waals surface area contributed by atoms with Gasteiger partial charge in [-0.05, 0) is 49.2 Å². The lowest BCUT2D eigenvalue weighted by Crippen LogP contribution is -2.43. The molecule has 3 heterocycles. The minimum Gasteiger partial charge on any atom is -0.497 e. The molecule has 0 aliphatic carbocycles. The molecule has 4 rings (SSSR count). The van der Waals surface area contributed by atoms with Crippen molar-refractivity contribution in [3.63, 3.8) is 0 Å². The van der Waals surface area contributed by atoms with Crippen molar-refractivity contribution in [1.82, 2.24) is 14.3 Å². The number of nitrogens with one attached hydrogen (secondary N) is 1. The number of anilines is 1. The molecule has 1 aliphatic heterocycles. The molecule has 2 aromatic heterocycles. The van der Waals surface area contributed by atoms with Gasteiger partial charge in [0.1, 0.15) is 11.8 Å². The molecule has 0 saturated carbocycles. The average molecular weight is 442 g/mol. The van der Waals surface area contributed by atoms with Crippen LogP contribution < -0.4 is 10.1 Å². The maximum absolute atomic E-state index is 13.3. The van der Waals surface area contributed by atoms with Crippen LogP contribution in [0.4, 0.5) is 5.69 Å². The van der Waals surface area contributed by atoms with Crippen molar-refractivity contribution in [2.45, 2.75) is 24.0 Å².